The Kier molecular flexibility index (Phi) is 6.67. The van der Waals surface area contributed by atoms with Gasteiger partial charge < -0.3 is 19.3 Å². The van der Waals surface area contributed by atoms with Crippen LogP contribution in [0.5, 0.6) is 0 Å². The third-order valence-corrected chi connectivity index (χ3v) is 6.00. The van der Waals surface area contributed by atoms with Crippen molar-refractivity contribution in [2.24, 2.45) is 0 Å². The SMILES string of the molecule is CCOC(=O)c1c(CN2CCN(C(=O)N3CCOCC3)CC2)nc2ccccc2c1C. The van der Waals surface area contributed by atoms with E-state index < -0.39 is 0 Å². The van der Waals surface area contributed by atoms with E-state index in [1.54, 1.807) is 0 Å². The van der Waals surface area contributed by atoms with Crippen LogP contribution >= 0.6 is 0 Å². The summed E-state index contributed by atoms with van der Waals surface area (Å²) in [6, 6.07) is 7.96. The van der Waals surface area contributed by atoms with Crippen molar-refractivity contribution in [1.82, 2.24) is 19.7 Å². The number of ether oxygens (including phenoxy) is 2. The number of urea groups is 1. The Balaban J connectivity index is 1.49. The number of benzene rings is 1. The van der Waals surface area contributed by atoms with E-state index in [4.69, 9.17) is 14.5 Å². The highest BCUT2D eigenvalue weighted by molar-refractivity contribution is 5.98. The molecule has 2 saturated heterocycles. The fourth-order valence-electron chi connectivity index (χ4n) is 4.29. The smallest absolute Gasteiger partial charge is 0.340 e. The second-order valence-electron chi connectivity index (χ2n) is 7.94. The number of morpholine rings is 1. The predicted octanol–water partition coefficient (Wildman–Crippen LogP) is 2.29. The number of hydrogen-bond acceptors (Lipinski definition) is 6. The lowest BCUT2D eigenvalue weighted by Crippen LogP contribution is -2.54. The van der Waals surface area contributed by atoms with E-state index in [9.17, 15) is 9.59 Å². The Hall–Kier alpha value is -2.71. The number of carbonyl (C=O) groups is 2. The van der Waals surface area contributed by atoms with Crippen molar-refractivity contribution < 1.29 is 19.1 Å². The summed E-state index contributed by atoms with van der Waals surface area (Å²) in [5.41, 5.74) is 3.08. The van der Waals surface area contributed by atoms with E-state index in [2.05, 4.69) is 4.90 Å². The van der Waals surface area contributed by atoms with E-state index in [1.807, 2.05) is 47.9 Å². The molecule has 0 unspecified atom stereocenters. The van der Waals surface area contributed by atoms with E-state index in [1.165, 1.54) is 0 Å². The zero-order chi connectivity index (χ0) is 21.8. The maximum absolute atomic E-state index is 12.7. The average molecular weight is 427 g/mol. The molecule has 8 nitrogen and oxygen atoms in total. The van der Waals surface area contributed by atoms with Gasteiger partial charge in [-0.2, -0.15) is 0 Å². The monoisotopic (exact) mass is 426 g/mol. The molecule has 3 heterocycles. The molecule has 4 rings (SSSR count). The van der Waals surface area contributed by atoms with Gasteiger partial charge in [0.1, 0.15) is 0 Å². The Morgan fingerprint density at radius 2 is 1.71 bits per heavy atom. The zero-order valence-corrected chi connectivity index (χ0v) is 18.3. The molecule has 0 bridgehead atoms. The fourth-order valence-corrected chi connectivity index (χ4v) is 4.29. The summed E-state index contributed by atoms with van der Waals surface area (Å²) in [7, 11) is 0. The van der Waals surface area contributed by atoms with E-state index in [-0.39, 0.29) is 12.0 Å². The fraction of sp³-hybridized carbons (Fsp3) is 0.522. The third kappa shape index (κ3) is 4.65. The van der Waals surface area contributed by atoms with Gasteiger partial charge in [0.05, 0.1) is 36.6 Å². The molecule has 8 heteroatoms. The van der Waals surface area contributed by atoms with Crippen molar-refractivity contribution in [3.8, 4) is 0 Å². The van der Waals surface area contributed by atoms with Crippen molar-refractivity contribution in [3.63, 3.8) is 0 Å². The first-order valence-corrected chi connectivity index (χ1v) is 11.0. The number of rotatable bonds is 4. The minimum atomic E-state index is -0.325. The summed E-state index contributed by atoms with van der Waals surface area (Å²) >= 11 is 0. The molecule has 2 aromatic rings. The summed E-state index contributed by atoms with van der Waals surface area (Å²) in [6.07, 6.45) is 0. The average Bonchev–Trinajstić information content (AvgIpc) is 2.80. The molecule has 1 aromatic heterocycles. The molecule has 166 valence electrons. The number of fused-ring (bicyclic) bond motifs is 1. The number of pyridine rings is 1. The third-order valence-electron chi connectivity index (χ3n) is 6.00. The van der Waals surface area contributed by atoms with Crippen LogP contribution in [0.1, 0.15) is 28.5 Å². The normalized spacial score (nSPS) is 17.7. The van der Waals surface area contributed by atoms with Gasteiger partial charge in [-0.05, 0) is 25.5 Å². The van der Waals surface area contributed by atoms with E-state index in [0.717, 1.165) is 35.2 Å². The maximum Gasteiger partial charge on any atom is 0.340 e. The number of esters is 1. The van der Waals surface area contributed by atoms with Crippen LogP contribution in [0.4, 0.5) is 4.79 Å². The summed E-state index contributed by atoms with van der Waals surface area (Å²) < 4.78 is 10.7. The number of para-hydroxylation sites is 1. The Morgan fingerprint density at radius 3 is 2.42 bits per heavy atom. The van der Waals surface area contributed by atoms with Gasteiger partial charge >= 0.3 is 12.0 Å². The van der Waals surface area contributed by atoms with Crippen LogP contribution in [0.25, 0.3) is 10.9 Å². The lowest BCUT2D eigenvalue weighted by molar-refractivity contribution is 0.0371. The number of carbonyl (C=O) groups excluding carboxylic acids is 2. The second-order valence-corrected chi connectivity index (χ2v) is 7.94. The van der Waals surface area contributed by atoms with Gasteiger partial charge in [0.15, 0.2) is 0 Å². The Morgan fingerprint density at radius 1 is 1.03 bits per heavy atom. The maximum atomic E-state index is 12.7. The number of aryl methyl sites for hydroxylation is 1. The first-order valence-electron chi connectivity index (χ1n) is 11.0. The van der Waals surface area contributed by atoms with Crippen LogP contribution in [0.15, 0.2) is 24.3 Å². The second kappa shape index (κ2) is 9.62. The molecule has 0 atom stereocenters. The summed E-state index contributed by atoms with van der Waals surface area (Å²) in [6.45, 7) is 9.99. The Bertz CT molecular complexity index is 950. The van der Waals surface area contributed by atoms with Gasteiger partial charge in [-0.3, -0.25) is 9.88 Å². The molecule has 31 heavy (non-hydrogen) atoms. The number of amides is 2. The first kappa shape index (κ1) is 21.5. The highest BCUT2D eigenvalue weighted by Gasteiger charge is 2.28. The topological polar surface area (TPSA) is 75.2 Å². The van der Waals surface area contributed by atoms with Crippen LogP contribution < -0.4 is 0 Å². The molecular weight excluding hydrogens is 396 g/mol. The van der Waals surface area contributed by atoms with Crippen LogP contribution in [0.2, 0.25) is 0 Å². The minimum absolute atomic E-state index is 0.0924. The first-order chi connectivity index (χ1) is 15.1. The molecule has 0 N–H and O–H groups in total. The quantitative estimate of drug-likeness (QED) is 0.699. The number of hydrogen-bond donors (Lipinski definition) is 0. The minimum Gasteiger partial charge on any atom is -0.462 e. The summed E-state index contributed by atoms with van der Waals surface area (Å²) in [5, 5.41) is 0.968. The lowest BCUT2D eigenvalue weighted by Gasteiger charge is -2.38. The molecule has 0 aliphatic carbocycles. The molecule has 2 aliphatic rings. The van der Waals surface area contributed by atoms with Crippen molar-refractivity contribution in [1.29, 1.82) is 0 Å². The van der Waals surface area contributed by atoms with E-state index >= 15 is 0 Å². The van der Waals surface area contributed by atoms with Gasteiger partial charge in [-0.1, -0.05) is 18.2 Å². The summed E-state index contributed by atoms with van der Waals surface area (Å²) in [4.78, 5) is 36.3. The molecule has 1 aromatic carbocycles. The molecule has 2 amide bonds. The highest BCUT2D eigenvalue weighted by atomic mass is 16.5. The molecular formula is C23H30N4O4. The number of piperazine rings is 1. The van der Waals surface area contributed by atoms with Crippen LogP contribution in [-0.4, -0.2) is 90.8 Å². The zero-order valence-electron chi connectivity index (χ0n) is 18.3. The molecule has 0 saturated carbocycles. The summed E-state index contributed by atoms with van der Waals surface area (Å²) in [5.74, 6) is -0.325. The van der Waals surface area contributed by atoms with Crippen molar-refractivity contribution in [2.75, 3.05) is 59.1 Å². The van der Waals surface area contributed by atoms with Gasteiger partial charge in [0, 0.05) is 51.2 Å². The van der Waals surface area contributed by atoms with Crippen molar-refractivity contribution in [2.45, 2.75) is 20.4 Å². The lowest BCUT2D eigenvalue weighted by atomic mass is 10.0. The molecule has 2 aliphatic heterocycles. The van der Waals surface area contributed by atoms with Gasteiger partial charge in [-0.15, -0.1) is 0 Å². The highest BCUT2D eigenvalue weighted by Crippen LogP contribution is 2.25. The number of nitrogens with zero attached hydrogens (tertiary/aromatic N) is 4. The van der Waals surface area contributed by atoms with Gasteiger partial charge in [0.2, 0.25) is 0 Å². The largest absolute Gasteiger partial charge is 0.462 e. The molecule has 0 radical (unpaired) electrons. The van der Waals surface area contributed by atoms with Crippen molar-refractivity contribution in [3.05, 3.63) is 41.1 Å². The number of aromatic nitrogens is 1. The van der Waals surface area contributed by atoms with E-state index in [0.29, 0.717) is 58.1 Å². The molecule has 0 spiro atoms. The Labute approximate surface area is 182 Å². The standard InChI is InChI=1S/C23H30N4O4/c1-3-31-22(28)21-17(2)18-6-4-5-7-19(18)24-20(21)16-25-8-10-26(11-9-25)23(29)27-12-14-30-15-13-27/h4-7H,3,8-16H2,1-2H3. The molecule has 2 fully saturated rings. The van der Waals surface area contributed by atoms with Crippen LogP contribution in [-0.2, 0) is 16.0 Å². The van der Waals surface area contributed by atoms with Gasteiger partial charge in [-0.25, -0.2) is 9.59 Å². The van der Waals surface area contributed by atoms with Crippen LogP contribution in [0.3, 0.4) is 0 Å². The van der Waals surface area contributed by atoms with Crippen molar-refractivity contribution >= 4 is 22.9 Å². The van der Waals surface area contributed by atoms with Crippen LogP contribution in [0, 0.1) is 6.92 Å². The predicted molar refractivity (Wildman–Crippen MR) is 117 cm³/mol. The van der Waals surface area contributed by atoms with Gasteiger partial charge in [0.25, 0.3) is 0 Å².